The van der Waals surface area contributed by atoms with Crippen LogP contribution in [0.15, 0.2) is 24.3 Å². The van der Waals surface area contributed by atoms with Crippen LogP contribution in [0.2, 0.25) is 0 Å². The minimum atomic E-state index is 0.170. The van der Waals surface area contributed by atoms with Gasteiger partial charge in [-0.1, -0.05) is 24.3 Å². The summed E-state index contributed by atoms with van der Waals surface area (Å²) in [5, 5.41) is 6.44. The van der Waals surface area contributed by atoms with E-state index in [9.17, 15) is 4.79 Å². The number of nitrogens with zero attached hydrogens (tertiary/aromatic N) is 1. The van der Waals surface area contributed by atoms with Gasteiger partial charge in [-0.15, -0.1) is 0 Å². The van der Waals surface area contributed by atoms with Crippen LogP contribution in [0.1, 0.15) is 44.2 Å². The van der Waals surface area contributed by atoms with Gasteiger partial charge in [0.1, 0.15) is 0 Å². The van der Waals surface area contributed by atoms with Gasteiger partial charge in [0.15, 0.2) is 0 Å². The van der Waals surface area contributed by atoms with E-state index in [-0.39, 0.29) is 5.91 Å². The molecule has 1 aliphatic rings. The second-order valence-electron chi connectivity index (χ2n) is 6.95. The average molecular weight is 317 g/mol. The van der Waals surface area contributed by atoms with Crippen LogP contribution in [0, 0.1) is 5.92 Å². The first-order chi connectivity index (χ1) is 11.1. The average Bonchev–Trinajstić information content (AvgIpc) is 3.05. The molecule has 1 unspecified atom stereocenters. The molecule has 1 atom stereocenters. The summed E-state index contributed by atoms with van der Waals surface area (Å²) >= 11 is 0. The van der Waals surface area contributed by atoms with Gasteiger partial charge in [-0.2, -0.15) is 0 Å². The second-order valence-corrected chi connectivity index (χ2v) is 6.95. The van der Waals surface area contributed by atoms with E-state index >= 15 is 0 Å². The maximum Gasteiger partial charge on any atom is 0.220 e. The highest BCUT2D eigenvalue weighted by Crippen LogP contribution is 2.15. The molecule has 1 aromatic carbocycles. The Kier molecular flexibility index (Phi) is 7.06. The molecule has 0 bridgehead atoms. The molecule has 0 aliphatic carbocycles. The van der Waals surface area contributed by atoms with E-state index in [0.29, 0.717) is 24.9 Å². The van der Waals surface area contributed by atoms with Crippen LogP contribution in [0.5, 0.6) is 0 Å². The molecule has 2 N–H and O–H groups in total. The molecule has 128 valence electrons. The second kappa shape index (κ2) is 9.04. The van der Waals surface area contributed by atoms with Gasteiger partial charge in [0.2, 0.25) is 5.91 Å². The molecule has 4 heteroatoms. The van der Waals surface area contributed by atoms with Gasteiger partial charge in [-0.25, -0.2) is 0 Å². The number of hydrogen-bond donors (Lipinski definition) is 2. The lowest BCUT2D eigenvalue weighted by Crippen LogP contribution is -2.28. The third-order valence-corrected chi connectivity index (χ3v) is 4.84. The van der Waals surface area contributed by atoms with E-state index in [0.717, 1.165) is 26.1 Å². The quantitative estimate of drug-likeness (QED) is 0.774. The van der Waals surface area contributed by atoms with Gasteiger partial charge >= 0.3 is 0 Å². The monoisotopic (exact) mass is 317 g/mol. The van der Waals surface area contributed by atoms with Crippen molar-refractivity contribution in [3.63, 3.8) is 0 Å². The zero-order valence-corrected chi connectivity index (χ0v) is 14.8. The van der Waals surface area contributed by atoms with Crippen molar-refractivity contribution in [2.24, 2.45) is 5.92 Å². The summed E-state index contributed by atoms with van der Waals surface area (Å²) in [6.45, 7) is 8.10. The number of amides is 1. The SMILES string of the molecule is CC(C)N(C)Cc1ccccc1CNC(=O)CCC1CCNC1. The summed E-state index contributed by atoms with van der Waals surface area (Å²) < 4.78 is 0. The molecule has 1 heterocycles. The Labute approximate surface area is 140 Å². The summed E-state index contributed by atoms with van der Waals surface area (Å²) in [5.74, 6) is 0.844. The molecule has 1 fully saturated rings. The maximum absolute atomic E-state index is 12.1. The first kappa shape index (κ1) is 18.0. The number of rotatable bonds is 8. The molecule has 0 spiro atoms. The van der Waals surface area contributed by atoms with E-state index in [1.165, 1.54) is 17.5 Å². The maximum atomic E-state index is 12.1. The summed E-state index contributed by atoms with van der Waals surface area (Å²) in [6, 6.07) is 8.90. The Balaban J connectivity index is 1.81. The molecule has 0 saturated carbocycles. The van der Waals surface area contributed by atoms with Crippen LogP contribution in [0.25, 0.3) is 0 Å². The van der Waals surface area contributed by atoms with Crippen LogP contribution >= 0.6 is 0 Å². The third kappa shape index (κ3) is 5.96. The van der Waals surface area contributed by atoms with E-state index in [4.69, 9.17) is 0 Å². The molecule has 1 saturated heterocycles. The van der Waals surface area contributed by atoms with E-state index in [1.54, 1.807) is 0 Å². The van der Waals surface area contributed by atoms with Crippen molar-refractivity contribution < 1.29 is 4.79 Å². The molecule has 0 radical (unpaired) electrons. The normalized spacial score (nSPS) is 17.9. The van der Waals surface area contributed by atoms with Crippen molar-refractivity contribution in [3.05, 3.63) is 35.4 Å². The number of nitrogens with one attached hydrogen (secondary N) is 2. The molecule has 2 rings (SSSR count). The molecule has 1 amide bonds. The Morgan fingerprint density at radius 2 is 2.09 bits per heavy atom. The van der Waals surface area contributed by atoms with Crippen molar-refractivity contribution in [3.8, 4) is 0 Å². The number of carbonyl (C=O) groups is 1. The van der Waals surface area contributed by atoms with E-state index in [1.807, 2.05) is 6.07 Å². The molecule has 4 nitrogen and oxygen atoms in total. The zero-order valence-electron chi connectivity index (χ0n) is 14.8. The highest BCUT2D eigenvalue weighted by molar-refractivity contribution is 5.75. The standard InChI is InChI=1S/C19H31N3O/c1-15(2)22(3)14-18-7-5-4-6-17(18)13-21-19(23)9-8-16-10-11-20-12-16/h4-7,15-16,20H,8-14H2,1-3H3,(H,21,23). The fraction of sp³-hybridized carbons (Fsp3) is 0.632. The van der Waals surface area contributed by atoms with Gasteiger partial charge < -0.3 is 10.6 Å². The first-order valence-corrected chi connectivity index (χ1v) is 8.80. The summed E-state index contributed by atoms with van der Waals surface area (Å²) in [6.07, 6.45) is 2.84. The van der Waals surface area contributed by atoms with Crippen molar-refractivity contribution in [2.45, 2.75) is 52.2 Å². The van der Waals surface area contributed by atoms with Gasteiger partial charge in [-0.05, 0) is 63.9 Å². The van der Waals surface area contributed by atoms with E-state index < -0.39 is 0 Å². The zero-order chi connectivity index (χ0) is 16.7. The Hall–Kier alpha value is -1.39. The van der Waals surface area contributed by atoms with Crippen molar-refractivity contribution in [1.29, 1.82) is 0 Å². The summed E-state index contributed by atoms with van der Waals surface area (Å²) in [7, 11) is 2.13. The lowest BCUT2D eigenvalue weighted by Gasteiger charge is -2.22. The van der Waals surface area contributed by atoms with Gasteiger partial charge in [0, 0.05) is 25.6 Å². The molecule has 1 aliphatic heterocycles. The Bertz CT molecular complexity index is 495. The van der Waals surface area contributed by atoms with Crippen LogP contribution < -0.4 is 10.6 Å². The van der Waals surface area contributed by atoms with E-state index in [2.05, 4.69) is 54.6 Å². The minimum Gasteiger partial charge on any atom is -0.352 e. The predicted molar refractivity (Wildman–Crippen MR) is 95.1 cm³/mol. The topological polar surface area (TPSA) is 44.4 Å². The van der Waals surface area contributed by atoms with Crippen LogP contribution in [-0.2, 0) is 17.9 Å². The van der Waals surface area contributed by atoms with Gasteiger partial charge in [-0.3, -0.25) is 9.69 Å². The first-order valence-electron chi connectivity index (χ1n) is 8.80. The lowest BCUT2D eigenvalue weighted by atomic mass is 10.0. The fourth-order valence-corrected chi connectivity index (χ4v) is 2.91. The molecule has 1 aromatic rings. The van der Waals surface area contributed by atoms with Crippen LogP contribution in [-0.4, -0.2) is 37.0 Å². The van der Waals surface area contributed by atoms with Crippen LogP contribution in [0.3, 0.4) is 0 Å². The summed E-state index contributed by atoms with van der Waals surface area (Å²) in [4.78, 5) is 14.4. The number of benzene rings is 1. The molecular formula is C19H31N3O. The van der Waals surface area contributed by atoms with Gasteiger partial charge in [0.25, 0.3) is 0 Å². The smallest absolute Gasteiger partial charge is 0.220 e. The Morgan fingerprint density at radius 3 is 2.74 bits per heavy atom. The fourth-order valence-electron chi connectivity index (χ4n) is 2.91. The molecule has 0 aromatic heterocycles. The van der Waals surface area contributed by atoms with Crippen molar-refractivity contribution in [2.75, 3.05) is 20.1 Å². The van der Waals surface area contributed by atoms with Crippen LogP contribution in [0.4, 0.5) is 0 Å². The van der Waals surface area contributed by atoms with Crippen molar-refractivity contribution >= 4 is 5.91 Å². The van der Waals surface area contributed by atoms with Crippen molar-refractivity contribution in [1.82, 2.24) is 15.5 Å². The number of hydrogen-bond acceptors (Lipinski definition) is 3. The third-order valence-electron chi connectivity index (χ3n) is 4.84. The highest BCUT2D eigenvalue weighted by Gasteiger charge is 2.15. The lowest BCUT2D eigenvalue weighted by molar-refractivity contribution is -0.121. The highest BCUT2D eigenvalue weighted by atomic mass is 16.1. The minimum absolute atomic E-state index is 0.170. The summed E-state index contributed by atoms with van der Waals surface area (Å²) in [5.41, 5.74) is 2.51. The molecule has 23 heavy (non-hydrogen) atoms. The number of carbonyl (C=O) groups excluding carboxylic acids is 1. The largest absolute Gasteiger partial charge is 0.352 e. The van der Waals surface area contributed by atoms with Gasteiger partial charge in [0.05, 0.1) is 0 Å². The predicted octanol–water partition coefficient (Wildman–Crippen LogP) is 2.53. The Morgan fingerprint density at radius 1 is 1.35 bits per heavy atom. The molecular weight excluding hydrogens is 286 g/mol.